The molecule has 3 aromatic rings. The monoisotopic (exact) mass is 363 g/mol. The van der Waals surface area contributed by atoms with Gasteiger partial charge in [-0.2, -0.15) is 13.2 Å². The summed E-state index contributed by atoms with van der Waals surface area (Å²) in [6.45, 7) is 1.19. The molecule has 0 saturated heterocycles. The molecule has 0 spiro atoms. The van der Waals surface area contributed by atoms with E-state index in [2.05, 4.69) is 5.32 Å². The Morgan fingerprint density at radius 3 is 2.58 bits per heavy atom. The van der Waals surface area contributed by atoms with Crippen molar-refractivity contribution in [3.05, 3.63) is 65.9 Å². The van der Waals surface area contributed by atoms with Gasteiger partial charge in [-0.1, -0.05) is 30.3 Å². The summed E-state index contributed by atoms with van der Waals surface area (Å²) in [7, 11) is 0. The minimum atomic E-state index is -4.55. The summed E-state index contributed by atoms with van der Waals surface area (Å²) < 4.78 is 49.4. The number of para-hydroxylation sites is 2. The highest BCUT2D eigenvalue weighted by molar-refractivity contribution is 5.79. The lowest BCUT2D eigenvalue weighted by Crippen LogP contribution is -2.31. The van der Waals surface area contributed by atoms with E-state index in [1.54, 1.807) is 13.0 Å². The quantitative estimate of drug-likeness (QED) is 0.714. The van der Waals surface area contributed by atoms with Crippen molar-refractivity contribution in [2.45, 2.75) is 19.1 Å². The van der Waals surface area contributed by atoms with E-state index < -0.39 is 30.3 Å². The number of nitrogens with one attached hydrogen (secondary N) is 1. The summed E-state index contributed by atoms with van der Waals surface area (Å²) in [6.07, 6.45) is -4.55. The molecule has 0 radical (unpaired) electrons. The van der Waals surface area contributed by atoms with Gasteiger partial charge >= 0.3 is 6.18 Å². The Morgan fingerprint density at radius 1 is 1.15 bits per heavy atom. The zero-order valence-corrected chi connectivity index (χ0v) is 13.8. The highest BCUT2D eigenvalue weighted by Crippen LogP contribution is 2.35. The number of furan rings is 1. The molecule has 0 unspecified atom stereocenters. The predicted octanol–water partition coefficient (Wildman–Crippen LogP) is 4.71. The van der Waals surface area contributed by atoms with Crippen molar-refractivity contribution >= 4 is 16.9 Å². The maximum absolute atomic E-state index is 12.9. The number of ether oxygens (including phenoxy) is 1. The van der Waals surface area contributed by atoms with Crippen LogP contribution in [0.25, 0.3) is 11.0 Å². The number of benzene rings is 2. The first kappa shape index (κ1) is 17.8. The molecule has 1 heterocycles. The lowest BCUT2D eigenvalue weighted by molar-refractivity contribution is -0.139. The molecule has 1 N–H and O–H groups in total. The molecular weight excluding hydrogens is 347 g/mol. The van der Waals surface area contributed by atoms with Crippen LogP contribution < -0.4 is 10.1 Å². The molecular formula is C19H16F3NO3. The van der Waals surface area contributed by atoms with Crippen molar-refractivity contribution in [3.8, 4) is 5.75 Å². The Bertz CT molecular complexity index is 885. The van der Waals surface area contributed by atoms with Gasteiger partial charge in [-0.15, -0.1) is 0 Å². The van der Waals surface area contributed by atoms with Crippen LogP contribution in [-0.4, -0.2) is 12.5 Å². The van der Waals surface area contributed by atoms with Gasteiger partial charge in [0.15, 0.2) is 6.61 Å². The summed E-state index contributed by atoms with van der Waals surface area (Å²) in [5.74, 6) is -0.378. The molecule has 1 atom stereocenters. The molecule has 1 amide bonds. The number of fused-ring (bicyclic) bond motifs is 1. The van der Waals surface area contributed by atoms with Crippen LogP contribution in [0.15, 0.2) is 59.0 Å². The first-order chi connectivity index (χ1) is 12.3. The fourth-order valence-corrected chi connectivity index (χ4v) is 2.54. The SMILES string of the molecule is C[C@H](NC(=O)COc1ccccc1C(F)(F)F)c1cc2ccccc2o1. The van der Waals surface area contributed by atoms with Crippen LogP contribution in [0.5, 0.6) is 5.75 Å². The Balaban J connectivity index is 1.62. The van der Waals surface area contributed by atoms with Crippen LogP contribution in [-0.2, 0) is 11.0 Å². The number of rotatable bonds is 5. The van der Waals surface area contributed by atoms with Crippen LogP contribution >= 0.6 is 0 Å². The lowest BCUT2D eigenvalue weighted by Gasteiger charge is -2.15. The number of hydrogen-bond donors (Lipinski definition) is 1. The minimum Gasteiger partial charge on any atom is -0.483 e. The van der Waals surface area contributed by atoms with Gasteiger partial charge < -0.3 is 14.5 Å². The van der Waals surface area contributed by atoms with Gasteiger partial charge in [0, 0.05) is 5.39 Å². The molecule has 136 valence electrons. The number of carbonyl (C=O) groups excluding carboxylic acids is 1. The van der Waals surface area contributed by atoms with E-state index in [0.717, 1.165) is 11.5 Å². The maximum atomic E-state index is 12.9. The summed E-state index contributed by atoms with van der Waals surface area (Å²) in [6, 6.07) is 13.5. The van der Waals surface area contributed by atoms with Gasteiger partial charge in [-0.3, -0.25) is 4.79 Å². The van der Waals surface area contributed by atoms with Crippen molar-refractivity contribution in [1.82, 2.24) is 5.32 Å². The minimum absolute atomic E-state index is 0.383. The van der Waals surface area contributed by atoms with Crippen molar-refractivity contribution in [1.29, 1.82) is 0 Å². The molecule has 0 fully saturated rings. The third-order valence-corrected chi connectivity index (χ3v) is 3.80. The second kappa shape index (κ2) is 7.11. The van der Waals surface area contributed by atoms with Crippen molar-refractivity contribution in [3.63, 3.8) is 0 Å². The van der Waals surface area contributed by atoms with Crippen LogP contribution in [0.2, 0.25) is 0 Å². The van der Waals surface area contributed by atoms with Crippen LogP contribution in [0.1, 0.15) is 24.3 Å². The van der Waals surface area contributed by atoms with E-state index in [1.165, 1.54) is 18.2 Å². The van der Waals surface area contributed by atoms with Crippen LogP contribution in [0.4, 0.5) is 13.2 Å². The Labute approximate surface area is 147 Å². The highest BCUT2D eigenvalue weighted by Gasteiger charge is 2.34. The van der Waals surface area contributed by atoms with Crippen LogP contribution in [0.3, 0.4) is 0 Å². The topological polar surface area (TPSA) is 51.5 Å². The van der Waals surface area contributed by atoms with Gasteiger partial charge in [0.2, 0.25) is 0 Å². The fraction of sp³-hybridized carbons (Fsp3) is 0.211. The molecule has 0 aliphatic rings. The molecule has 0 bridgehead atoms. The molecule has 2 aromatic carbocycles. The molecule has 0 saturated carbocycles. The second-order valence-corrected chi connectivity index (χ2v) is 5.76. The van der Waals surface area contributed by atoms with Gasteiger partial charge in [0.05, 0.1) is 11.6 Å². The Kier molecular flexibility index (Phi) is 4.88. The first-order valence-corrected chi connectivity index (χ1v) is 7.91. The van der Waals surface area contributed by atoms with E-state index in [0.29, 0.717) is 11.3 Å². The van der Waals surface area contributed by atoms with E-state index in [9.17, 15) is 18.0 Å². The van der Waals surface area contributed by atoms with Gasteiger partial charge in [0.1, 0.15) is 17.1 Å². The molecule has 0 aliphatic heterocycles. The number of carbonyl (C=O) groups is 1. The third kappa shape index (κ3) is 3.99. The summed E-state index contributed by atoms with van der Waals surface area (Å²) >= 11 is 0. The normalized spacial score (nSPS) is 12.8. The largest absolute Gasteiger partial charge is 0.483 e. The summed E-state index contributed by atoms with van der Waals surface area (Å²) in [4.78, 5) is 12.0. The first-order valence-electron chi connectivity index (χ1n) is 7.91. The van der Waals surface area contributed by atoms with Crippen molar-refractivity contribution in [2.75, 3.05) is 6.61 Å². The average molecular weight is 363 g/mol. The molecule has 7 heteroatoms. The molecule has 4 nitrogen and oxygen atoms in total. The second-order valence-electron chi connectivity index (χ2n) is 5.76. The summed E-state index contributed by atoms with van der Waals surface area (Å²) in [5.41, 5.74) is -0.225. The zero-order chi connectivity index (χ0) is 18.7. The van der Waals surface area contributed by atoms with Crippen molar-refractivity contribution < 1.29 is 27.1 Å². The number of alkyl halides is 3. The lowest BCUT2D eigenvalue weighted by atomic mass is 10.2. The summed E-state index contributed by atoms with van der Waals surface area (Å²) in [5, 5.41) is 3.55. The smallest absolute Gasteiger partial charge is 0.419 e. The highest BCUT2D eigenvalue weighted by atomic mass is 19.4. The molecule has 26 heavy (non-hydrogen) atoms. The fourth-order valence-electron chi connectivity index (χ4n) is 2.54. The van der Waals surface area contributed by atoms with E-state index in [1.807, 2.05) is 24.3 Å². The van der Waals surface area contributed by atoms with E-state index >= 15 is 0 Å². The predicted molar refractivity (Wildman–Crippen MR) is 89.7 cm³/mol. The molecule has 3 rings (SSSR count). The molecule has 0 aliphatic carbocycles. The van der Waals surface area contributed by atoms with Crippen LogP contribution in [0, 0.1) is 0 Å². The number of amides is 1. The number of hydrogen-bond acceptors (Lipinski definition) is 3. The standard InChI is InChI=1S/C19H16F3NO3/c1-12(17-10-13-6-2-4-8-15(13)26-17)23-18(24)11-25-16-9-5-3-7-14(16)19(20,21)22/h2-10,12H,11H2,1H3,(H,23,24)/t12-/m0/s1. The Hall–Kier alpha value is -2.96. The molecule has 1 aromatic heterocycles. The Morgan fingerprint density at radius 2 is 1.85 bits per heavy atom. The van der Waals surface area contributed by atoms with E-state index in [4.69, 9.17) is 9.15 Å². The van der Waals surface area contributed by atoms with Gasteiger partial charge in [0.25, 0.3) is 5.91 Å². The maximum Gasteiger partial charge on any atom is 0.419 e. The van der Waals surface area contributed by atoms with E-state index in [-0.39, 0.29) is 5.75 Å². The average Bonchev–Trinajstić information content (AvgIpc) is 3.04. The zero-order valence-electron chi connectivity index (χ0n) is 13.8. The van der Waals surface area contributed by atoms with Crippen molar-refractivity contribution in [2.24, 2.45) is 0 Å². The third-order valence-electron chi connectivity index (χ3n) is 3.80. The van der Waals surface area contributed by atoms with Gasteiger partial charge in [-0.25, -0.2) is 0 Å². The number of halogens is 3. The van der Waals surface area contributed by atoms with Gasteiger partial charge in [-0.05, 0) is 31.2 Å².